The number of rotatable bonds is 4. The van der Waals surface area contributed by atoms with E-state index in [1.165, 1.54) is 5.56 Å². The van der Waals surface area contributed by atoms with E-state index >= 15 is 0 Å². The maximum atomic E-state index is 11.9. The summed E-state index contributed by atoms with van der Waals surface area (Å²) < 4.78 is 0. The minimum Gasteiger partial charge on any atom is -0.289 e. The Bertz CT molecular complexity index is 541. The van der Waals surface area contributed by atoms with E-state index in [4.69, 9.17) is 0 Å². The molecule has 90 valence electrons. The van der Waals surface area contributed by atoms with Crippen molar-refractivity contribution in [1.29, 1.82) is 0 Å². The van der Waals surface area contributed by atoms with Crippen molar-refractivity contribution in [3.8, 4) is 0 Å². The predicted octanol–water partition coefficient (Wildman–Crippen LogP) is 3.54. The van der Waals surface area contributed by atoms with E-state index in [0.29, 0.717) is 0 Å². The van der Waals surface area contributed by atoms with Crippen LogP contribution in [0.5, 0.6) is 0 Å². The van der Waals surface area contributed by atoms with Crippen molar-refractivity contribution in [2.24, 2.45) is 0 Å². The zero-order valence-corrected chi connectivity index (χ0v) is 10.3. The summed E-state index contributed by atoms with van der Waals surface area (Å²) in [5.41, 5.74) is 2.94. The zero-order chi connectivity index (χ0) is 12.8. The van der Waals surface area contributed by atoms with Gasteiger partial charge in [-0.1, -0.05) is 37.3 Å². The van der Waals surface area contributed by atoms with Gasteiger partial charge in [0.15, 0.2) is 5.78 Å². The molecule has 0 unspecified atom stereocenters. The van der Waals surface area contributed by atoms with Gasteiger partial charge < -0.3 is 0 Å². The van der Waals surface area contributed by atoms with Crippen LogP contribution in [0.3, 0.4) is 0 Å². The van der Waals surface area contributed by atoms with Gasteiger partial charge in [-0.3, -0.25) is 9.78 Å². The van der Waals surface area contributed by atoms with Gasteiger partial charge in [-0.2, -0.15) is 0 Å². The lowest BCUT2D eigenvalue weighted by Crippen LogP contribution is -1.94. The monoisotopic (exact) mass is 237 g/mol. The van der Waals surface area contributed by atoms with E-state index in [1.54, 1.807) is 24.5 Å². The summed E-state index contributed by atoms with van der Waals surface area (Å²) in [4.78, 5) is 15.8. The Labute approximate surface area is 107 Å². The number of allylic oxidation sites excluding steroid dienone is 1. The van der Waals surface area contributed by atoms with E-state index in [-0.39, 0.29) is 5.78 Å². The van der Waals surface area contributed by atoms with Gasteiger partial charge in [-0.15, -0.1) is 0 Å². The summed E-state index contributed by atoms with van der Waals surface area (Å²) in [5, 5.41) is 0. The molecule has 1 aromatic carbocycles. The topological polar surface area (TPSA) is 30.0 Å². The molecule has 1 aromatic heterocycles. The predicted molar refractivity (Wildman–Crippen MR) is 73.4 cm³/mol. The van der Waals surface area contributed by atoms with E-state index < -0.39 is 0 Å². The molecule has 0 amide bonds. The molecule has 0 saturated heterocycles. The van der Waals surface area contributed by atoms with Crippen LogP contribution in [0.25, 0.3) is 6.08 Å². The summed E-state index contributed by atoms with van der Waals surface area (Å²) in [6.07, 6.45) is 7.80. The summed E-state index contributed by atoms with van der Waals surface area (Å²) in [7, 11) is 0. The van der Waals surface area contributed by atoms with Crippen molar-refractivity contribution < 1.29 is 4.79 Å². The van der Waals surface area contributed by atoms with Crippen LogP contribution in [0.15, 0.2) is 54.9 Å². The molecule has 2 heteroatoms. The molecule has 0 radical (unpaired) electrons. The minimum absolute atomic E-state index is 0.0227. The Morgan fingerprint density at radius 3 is 2.39 bits per heavy atom. The standard InChI is InChI=1S/C16H15NO/c1-2-13-3-6-15(7-4-13)16(18)8-5-14-9-11-17-12-10-14/h3-12H,2H2,1H3. The van der Waals surface area contributed by atoms with Crippen LogP contribution in [-0.2, 0) is 6.42 Å². The van der Waals surface area contributed by atoms with Gasteiger partial charge in [0, 0.05) is 18.0 Å². The highest BCUT2D eigenvalue weighted by molar-refractivity contribution is 6.06. The number of aromatic nitrogens is 1. The molecule has 0 aliphatic rings. The summed E-state index contributed by atoms with van der Waals surface area (Å²) in [5.74, 6) is 0.0227. The first-order valence-corrected chi connectivity index (χ1v) is 6.01. The average Bonchev–Trinajstić information content (AvgIpc) is 2.46. The molecule has 0 bridgehead atoms. The quantitative estimate of drug-likeness (QED) is 0.601. The number of nitrogens with zero attached hydrogens (tertiary/aromatic N) is 1. The largest absolute Gasteiger partial charge is 0.289 e. The third kappa shape index (κ3) is 3.14. The number of hydrogen-bond acceptors (Lipinski definition) is 2. The number of benzene rings is 1. The fourth-order valence-electron chi connectivity index (χ4n) is 1.65. The second-order valence-electron chi connectivity index (χ2n) is 4.03. The lowest BCUT2D eigenvalue weighted by Gasteiger charge is -1.98. The van der Waals surface area contributed by atoms with Crippen molar-refractivity contribution in [1.82, 2.24) is 4.98 Å². The van der Waals surface area contributed by atoms with Crippen LogP contribution < -0.4 is 0 Å². The van der Waals surface area contributed by atoms with Crippen LogP contribution in [0.4, 0.5) is 0 Å². The van der Waals surface area contributed by atoms with Gasteiger partial charge in [0.25, 0.3) is 0 Å². The Morgan fingerprint density at radius 2 is 1.78 bits per heavy atom. The summed E-state index contributed by atoms with van der Waals surface area (Å²) in [6, 6.07) is 11.5. The molecule has 18 heavy (non-hydrogen) atoms. The van der Waals surface area contributed by atoms with Crippen molar-refractivity contribution in [2.75, 3.05) is 0 Å². The molecule has 0 saturated carbocycles. The van der Waals surface area contributed by atoms with E-state index in [9.17, 15) is 4.79 Å². The molecular formula is C16H15NO. The van der Waals surface area contributed by atoms with Gasteiger partial charge in [-0.05, 0) is 35.8 Å². The highest BCUT2D eigenvalue weighted by Crippen LogP contribution is 2.08. The molecule has 2 nitrogen and oxygen atoms in total. The van der Waals surface area contributed by atoms with E-state index in [2.05, 4.69) is 11.9 Å². The van der Waals surface area contributed by atoms with E-state index in [1.807, 2.05) is 36.4 Å². The first-order valence-electron chi connectivity index (χ1n) is 6.01. The SMILES string of the molecule is CCc1ccc(C(=O)C=Cc2ccncc2)cc1. The van der Waals surface area contributed by atoms with Crippen LogP contribution in [0.1, 0.15) is 28.4 Å². The van der Waals surface area contributed by atoms with Crippen LogP contribution >= 0.6 is 0 Å². The van der Waals surface area contributed by atoms with E-state index in [0.717, 1.165) is 17.5 Å². The Kier molecular flexibility index (Phi) is 4.02. The molecule has 0 aliphatic carbocycles. The summed E-state index contributed by atoms with van der Waals surface area (Å²) >= 11 is 0. The number of pyridine rings is 1. The lowest BCUT2D eigenvalue weighted by atomic mass is 10.1. The first-order chi connectivity index (χ1) is 8.79. The molecular weight excluding hydrogens is 222 g/mol. The van der Waals surface area contributed by atoms with Gasteiger partial charge in [0.2, 0.25) is 0 Å². The first kappa shape index (κ1) is 12.2. The van der Waals surface area contributed by atoms with Gasteiger partial charge in [0.05, 0.1) is 0 Å². The molecule has 2 aromatic rings. The number of hydrogen-bond donors (Lipinski definition) is 0. The third-order valence-corrected chi connectivity index (χ3v) is 2.78. The maximum absolute atomic E-state index is 11.9. The Balaban J connectivity index is 2.09. The molecule has 1 heterocycles. The van der Waals surface area contributed by atoms with Crippen molar-refractivity contribution in [2.45, 2.75) is 13.3 Å². The highest BCUT2D eigenvalue weighted by atomic mass is 16.1. The van der Waals surface area contributed by atoms with Gasteiger partial charge in [-0.25, -0.2) is 0 Å². The second-order valence-corrected chi connectivity index (χ2v) is 4.03. The fourth-order valence-corrected chi connectivity index (χ4v) is 1.65. The molecule has 0 aliphatic heterocycles. The number of carbonyl (C=O) groups excluding carboxylic acids is 1. The second kappa shape index (κ2) is 5.92. The van der Waals surface area contributed by atoms with Crippen molar-refractivity contribution >= 4 is 11.9 Å². The van der Waals surface area contributed by atoms with Gasteiger partial charge >= 0.3 is 0 Å². The van der Waals surface area contributed by atoms with Crippen molar-refractivity contribution in [3.63, 3.8) is 0 Å². The molecule has 0 atom stereocenters. The minimum atomic E-state index is 0.0227. The summed E-state index contributed by atoms with van der Waals surface area (Å²) in [6.45, 7) is 2.10. The molecule has 0 fully saturated rings. The van der Waals surface area contributed by atoms with Crippen LogP contribution in [0.2, 0.25) is 0 Å². The van der Waals surface area contributed by atoms with Crippen LogP contribution in [0, 0.1) is 0 Å². The van der Waals surface area contributed by atoms with Crippen molar-refractivity contribution in [3.05, 3.63) is 71.6 Å². The number of ketones is 1. The molecule has 2 rings (SSSR count). The smallest absolute Gasteiger partial charge is 0.185 e. The molecule has 0 N–H and O–H groups in total. The Morgan fingerprint density at radius 1 is 1.11 bits per heavy atom. The average molecular weight is 237 g/mol. The molecule has 0 spiro atoms. The number of carbonyl (C=O) groups is 1. The van der Waals surface area contributed by atoms with Gasteiger partial charge in [0.1, 0.15) is 0 Å². The highest BCUT2D eigenvalue weighted by Gasteiger charge is 2.00. The fraction of sp³-hybridized carbons (Fsp3) is 0.125. The van der Waals surface area contributed by atoms with Crippen LogP contribution in [-0.4, -0.2) is 10.8 Å². The normalized spacial score (nSPS) is 10.7. The zero-order valence-electron chi connectivity index (χ0n) is 10.3. The lowest BCUT2D eigenvalue weighted by molar-refractivity contribution is 0.104. The third-order valence-electron chi connectivity index (χ3n) is 2.78. The maximum Gasteiger partial charge on any atom is 0.185 e. The number of aryl methyl sites for hydroxylation is 1. The Hall–Kier alpha value is -2.22.